The first-order valence-corrected chi connectivity index (χ1v) is 12.3. The largest absolute Gasteiger partial charge is 0.389 e. The zero-order valence-corrected chi connectivity index (χ0v) is 18.8. The fourth-order valence-electron chi connectivity index (χ4n) is 7.54. The van der Waals surface area contributed by atoms with Gasteiger partial charge in [-0.3, -0.25) is 0 Å². The third-order valence-corrected chi connectivity index (χ3v) is 8.85. The van der Waals surface area contributed by atoms with E-state index in [4.69, 9.17) is 0 Å². The maximum Gasteiger partial charge on any atom is 0.0991 e. The maximum atomic E-state index is 10.7. The molecule has 0 saturated heterocycles. The van der Waals surface area contributed by atoms with Crippen molar-refractivity contribution in [3.63, 3.8) is 0 Å². The number of aliphatic hydroxyl groups is 1. The number of aliphatic hydroxyl groups excluding tert-OH is 1. The van der Waals surface area contributed by atoms with Crippen LogP contribution >= 0.6 is 0 Å². The normalized spacial score (nSPS) is 29.6. The van der Waals surface area contributed by atoms with Crippen molar-refractivity contribution in [3.05, 3.63) is 71.3 Å². The molecule has 3 aliphatic rings. The van der Waals surface area contributed by atoms with Crippen molar-refractivity contribution >= 4 is 10.8 Å². The molecule has 6 rings (SSSR count). The first kappa shape index (κ1) is 20.0. The molecular formula is C30H31NO. The van der Waals surface area contributed by atoms with Crippen LogP contribution in [0.25, 0.3) is 21.9 Å². The first-order valence-electron chi connectivity index (χ1n) is 12.3. The van der Waals surface area contributed by atoms with Gasteiger partial charge in [0, 0.05) is 0 Å². The minimum absolute atomic E-state index is 0.250. The molecule has 162 valence electrons. The zero-order chi connectivity index (χ0) is 21.9. The van der Waals surface area contributed by atoms with Crippen molar-refractivity contribution in [1.82, 2.24) is 0 Å². The lowest BCUT2D eigenvalue weighted by atomic mass is 9.64. The van der Waals surface area contributed by atoms with Crippen LogP contribution in [0.2, 0.25) is 0 Å². The third kappa shape index (κ3) is 3.18. The minimum atomic E-state index is -0.435. The summed E-state index contributed by atoms with van der Waals surface area (Å²) < 4.78 is 0. The molecule has 2 nitrogen and oxygen atoms in total. The molecule has 3 bridgehead atoms. The average Bonchev–Trinajstić information content (AvgIpc) is 2.98. The third-order valence-electron chi connectivity index (χ3n) is 8.85. The summed E-state index contributed by atoms with van der Waals surface area (Å²) in [6.07, 6.45) is 9.14. The molecule has 0 radical (unpaired) electrons. The Morgan fingerprint density at radius 2 is 1.66 bits per heavy atom. The summed E-state index contributed by atoms with van der Waals surface area (Å²) in [4.78, 5) is 0. The van der Waals surface area contributed by atoms with Crippen LogP contribution < -0.4 is 0 Å². The van der Waals surface area contributed by atoms with Gasteiger partial charge in [0.1, 0.15) is 0 Å². The number of nitriles is 1. The second-order valence-corrected chi connectivity index (χ2v) is 10.8. The van der Waals surface area contributed by atoms with E-state index in [1.165, 1.54) is 61.6 Å². The van der Waals surface area contributed by atoms with Crippen LogP contribution in [0.3, 0.4) is 0 Å². The zero-order valence-electron chi connectivity index (χ0n) is 18.8. The lowest BCUT2D eigenvalue weighted by Gasteiger charge is -2.40. The van der Waals surface area contributed by atoms with Gasteiger partial charge in [0.25, 0.3) is 0 Å². The van der Waals surface area contributed by atoms with Gasteiger partial charge in [-0.15, -0.1) is 0 Å². The van der Waals surface area contributed by atoms with Crippen LogP contribution in [-0.4, -0.2) is 5.11 Å². The average molecular weight is 422 g/mol. The molecule has 0 spiro atoms. The van der Waals surface area contributed by atoms with E-state index in [-0.39, 0.29) is 5.41 Å². The van der Waals surface area contributed by atoms with E-state index in [9.17, 15) is 10.4 Å². The van der Waals surface area contributed by atoms with Gasteiger partial charge in [0.05, 0.1) is 17.7 Å². The number of fused-ring (bicyclic) bond motifs is 3. The van der Waals surface area contributed by atoms with Crippen molar-refractivity contribution in [2.24, 2.45) is 17.8 Å². The monoisotopic (exact) mass is 421 g/mol. The molecule has 3 saturated carbocycles. The van der Waals surface area contributed by atoms with E-state index in [2.05, 4.69) is 42.5 Å². The molecule has 0 amide bonds. The SMILES string of the molecule is CC(O)c1ccc(-c2ccc3cc(C#N)ccc3c2)cc1C12CC3CCCC(C1)C(C3)C2. The summed E-state index contributed by atoms with van der Waals surface area (Å²) in [5.74, 6) is 2.63. The highest BCUT2D eigenvalue weighted by Gasteiger charge is 2.52. The summed E-state index contributed by atoms with van der Waals surface area (Å²) in [7, 11) is 0. The molecule has 5 unspecified atom stereocenters. The van der Waals surface area contributed by atoms with Crippen LogP contribution in [0, 0.1) is 29.1 Å². The van der Waals surface area contributed by atoms with Crippen LogP contribution in [-0.2, 0) is 5.41 Å². The Morgan fingerprint density at radius 1 is 0.906 bits per heavy atom. The second kappa shape index (κ2) is 7.46. The Morgan fingerprint density at radius 3 is 2.50 bits per heavy atom. The Bertz CT molecular complexity index is 1230. The summed E-state index contributed by atoms with van der Waals surface area (Å²) >= 11 is 0. The summed E-state index contributed by atoms with van der Waals surface area (Å²) in [6.45, 7) is 1.92. The number of benzene rings is 3. The Kier molecular flexibility index (Phi) is 4.67. The summed E-state index contributed by atoms with van der Waals surface area (Å²) in [6, 6.07) is 21.5. The highest BCUT2D eigenvalue weighted by Crippen LogP contribution is 2.61. The van der Waals surface area contributed by atoms with E-state index >= 15 is 0 Å². The van der Waals surface area contributed by atoms with Crippen molar-refractivity contribution in [2.75, 3.05) is 0 Å². The molecule has 3 aromatic rings. The topological polar surface area (TPSA) is 44.0 Å². The molecule has 5 atom stereocenters. The van der Waals surface area contributed by atoms with Crippen molar-refractivity contribution < 1.29 is 5.11 Å². The lowest BCUT2D eigenvalue weighted by molar-refractivity contribution is 0.185. The van der Waals surface area contributed by atoms with E-state index < -0.39 is 6.10 Å². The van der Waals surface area contributed by atoms with Gasteiger partial charge >= 0.3 is 0 Å². The highest BCUT2D eigenvalue weighted by atomic mass is 16.3. The smallest absolute Gasteiger partial charge is 0.0991 e. The standard InChI is InChI=1S/C30H31NO/c1-19(32)28-10-9-25(24-8-7-22-12-21(18-31)5-6-23(22)13-24)14-29(28)30-15-20-3-2-4-26(16-30)27(11-20)17-30/h5-10,12-14,19-20,26-27,32H,2-4,11,15-17H2,1H3. The molecule has 0 aliphatic heterocycles. The molecule has 0 heterocycles. The van der Waals surface area contributed by atoms with Crippen LogP contribution in [0.4, 0.5) is 0 Å². The van der Waals surface area contributed by atoms with Gasteiger partial charge in [-0.2, -0.15) is 5.26 Å². The number of hydrogen-bond acceptors (Lipinski definition) is 2. The predicted molar refractivity (Wildman–Crippen MR) is 129 cm³/mol. The molecular weight excluding hydrogens is 390 g/mol. The van der Waals surface area contributed by atoms with Crippen molar-refractivity contribution in [3.8, 4) is 17.2 Å². The molecule has 3 fully saturated rings. The fourth-order valence-corrected chi connectivity index (χ4v) is 7.54. The van der Waals surface area contributed by atoms with E-state index in [0.29, 0.717) is 5.56 Å². The molecule has 32 heavy (non-hydrogen) atoms. The van der Waals surface area contributed by atoms with E-state index in [0.717, 1.165) is 34.1 Å². The molecule has 1 N–H and O–H groups in total. The van der Waals surface area contributed by atoms with Crippen molar-refractivity contribution in [2.45, 2.75) is 63.4 Å². The Labute approximate surface area is 190 Å². The number of hydrogen-bond donors (Lipinski definition) is 1. The highest BCUT2D eigenvalue weighted by molar-refractivity contribution is 5.88. The van der Waals surface area contributed by atoms with Gasteiger partial charge in [0.2, 0.25) is 0 Å². The quantitative estimate of drug-likeness (QED) is 0.482. The lowest BCUT2D eigenvalue weighted by Crippen LogP contribution is -2.32. The fraction of sp³-hybridized carbons (Fsp3) is 0.433. The van der Waals surface area contributed by atoms with Crippen LogP contribution in [0.15, 0.2) is 54.6 Å². The molecule has 3 aromatic carbocycles. The number of nitrogens with zero attached hydrogens (tertiary/aromatic N) is 1. The first-order chi connectivity index (χ1) is 15.5. The predicted octanol–water partition coefficient (Wildman–Crippen LogP) is 7.29. The van der Waals surface area contributed by atoms with Gasteiger partial charge < -0.3 is 5.11 Å². The Hall–Kier alpha value is -2.63. The molecule has 2 heteroatoms. The molecule has 3 aliphatic carbocycles. The van der Waals surface area contributed by atoms with Crippen LogP contribution in [0.1, 0.15) is 74.7 Å². The van der Waals surface area contributed by atoms with E-state index in [1.807, 2.05) is 25.1 Å². The van der Waals surface area contributed by atoms with Crippen molar-refractivity contribution in [1.29, 1.82) is 5.26 Å². The van der Waals surface area contributed by atoms with Gasteiger partial charge in [-0.05, 0) is 107 Å². The maximum absolute atomic E-state index is 10.7. The summed E-state index contributed by atoms with van der Waals surface area (Å²) in [5, 5.41) is 22.1. The summed E-state index contributed by atoms with van der Waals surface area (Å²) in [5.41, 5.74) is 5.95. The van der Waals surface area contributed by atoms with Gasteiger partial charge in [0.15, 0.2) is 0 Å². The van der Waals surface area contributed by atoms with Crippen LogP contribution in [0.5, 0.6) is 0 Å². The number of rotatable bonds is 3. The molecule has 0 aromatic heterocycles. The van der Waals surface area contributed by atoms with Gasteiger partial charge in [-0.25, -0.2) is 0 Å². The Balaban J connectivity index is 1.46. The second-order valence-electron chi connectivity index (χ2n) is 10.8. The minimum Gasteiger partial charge on any atom is -0.389 e. The van der Waals surface area contributed by atoms with Gasteiger partial charge in [-0.1, -0.05) is 55.7 Å². The van der Waals surface area contributed by atoms with E-state index in [1.54, 1.807) is 0 Å².